The van der Waals surface area contributed by atoms with Gasteiger partial charge in [-0.1, -0.05) is 32.0 Å². The van der Waals surface area contributed by atoms with E-state index in [-0.39, 0.29) is 23.8 Å². The van der Waals surface area contributed by atoms with Gasteiger partial charge in [-0.2, -0.15) is 0 Å². The molecule has 0 saturated carbocycles. The van der Waals surface area contributed by atoms with Crippen molar-refractivity contribution in [2.24, 2.45) is 0 Å². The summed E-state index contributed by atoms with van der Waals surface area (Å²) in [5, 5.41) is 2.67. The Balaban J connectivity index is 2.20. The van der Waals surface area contributed by atoms with Crippen LogP contribution >= 0.6 is 0 Å². The first-order chi connectivity index (χ1) is 13.4. The van der Waals surface area contributed by atoms with Crippen molar-refractivity contribution >= 4 is 17.6 Å². The topological polar surface area (TPSA) is 83.1 Å². The smallest absolute Gasteiger partial charge is 0.340 e. The van der Waals surface area contributed by atoms with Gasteiger partial charge in [-0.15, -0.1) is 0 Å². The molecule has 7 heteroatoms. The molecule has 28 heavy (non-hydrogen) atoms. The van der Waals surface area contributed by atoms with Gasteiger partial charge in [0.15, 0.2) is 18.1 Å². The number of ether oxygens (including phenoxy) is 4. The molecule has 1 amide bonds. The van der Waals surface area contributed by atoms with E-state index in [1.165, 1.54) is 33.5 Å². The van der Waals surface area contributed by atoms with E-state index < -0.39 is 11.9 Å². The summed E-state index contributed by atoms with van der Waals surface area (Å²) in [6.45, 7) is 3.89. The highest BCUT2D eigenvalue weighted by atomic mass is 16.5. The number of benzene rings is 2. The Labute approximate surface area is 164 Å². The van der Waals surface area contributed by atoms with Crippen molar-refractivity contribution in [1.29, 1.82) is 0 Å². The highest BCUT2D eigenvalue weighted by Crippen LogP contribution is 2.34. The zero-order chi connectivity index (χ0) is 20.7. The molecule has 2 aromatic carbocycles. The third-order valence-electron chi connectivity index (χ3n) is 4.10. The maximum Gasteiger partial charge on any atom is 0.340 e. The molecular formula is C21H25NO6. The molecule has 0 heterocycles. The third kappa shape index (κ3) is 4.94. The molecule has 0 atom stereocenters. The molecule has 0 fully saturated rings. The fraction of sp³-hybridized carbons (Fsp3) is 0.333. The summed E-state index contributed by atoms with van der Waals surface area (Å²) in [6.07, 6.45) is 0. The van der Waals surface area contributed by atoms with Crippen LogP contribution < -0.4 is 19.5 Å². The lowest BCUT2D eigenvalue weighted by Crippen LogP contribution is -2.22. The Morgan fingerprint density at radius 2 is 1.61 bits per heavy atom. The molecule has 0 aliphatic heterocycles. The van der Waals surface area contributed by atoms with Crippen LogP contribution in [0.2, 0.25) is 0 Å². The molecule has 7 nitrogen and oxygen atoms in total. The zero-order valence-electron chi connectivity index (χ0n) is 16.7. The molecule has 0 aromatic heterocycles. The average Bonchev–Trinajstić information content (AvgIpc) is 2.71. The summed E-state index contributed by atoms with van der Waals surface area (Å²) < 4.78 is 20.9. The summed E-state index contributed by atoms with van der Waals surface area (Å²) >= 11 is 0. The number of amides is 1. The number of carbonyl (C=O) groups is 2. The number of hydrogen-bond donors (Lipinski definition) is 1. The van der Waals surface area contributed by atoms with Gasteiger partial charge in [0.2, 0.25) is 0 Å². The van der Waals surface area contributed by atoms with Crippen LogP contribution in [-0.4, -0.2) is 39.8 Å². The second-order valence-electron chi connectivity index (χ2n) is 6.27. The van der Waals surface area contributed by atoms with Gasteiger partial charge in [-0.3, -0.25) is 4.79 Å². The SMILES string of the molecule is COC(=O)c1cc(OC)c(OC)cc1NC(=O)COc1ccccc1C(C)C. The van der Waals surface area contributed by atoms with Gasteiger partial charge in [-0.25, -0.2) is 4.79 Å². The lowest BCUT2D eigenvalue weighted by atomic mass is 10.0. The minimum atomic E-state index is -0.609. The predicted molar refractivity (Wildman–Crippen MR) is 106 cm³/mol. The van der Waals surface area contributed by atoms with E-state index in [4.69, 9.17) is 18.9 Å². The number of anilines is 1. The minimum Gasteiger partial charge on any atom is -0.493 e. The summed E-state index contributed by atoms with van der Waals surface area (Å²) in [5.41, 5.74) is 1.41. The molecule has 0 aliphatic carbocycles. The number of para-hydroxylation sites is 1. The Hall–Kier alpha value is -3.22. The fourth-order valence-electron chi connectivity index (χ4n) is 2.68. The third-order valence-corrected chi connectivity index (χ3v) is 4.10. The lowest BCUT2D eigenvalue weighted by molar-refractivity contribution is -0.118. The summed E-state index contributed by atoms with van der Waals surface area (Å²) in [6, 6.07) is 10.5. The quantitative estimate of drug-likeness (QED) is 0.697. The predicted octanol–water partition coefficient (Wildman–Crippen LogP) is 3.63. The van der Waals surface area contributed by atoms with E-state index in [2.05, 4.69) is 19.2 Å². The molecule has 150 valence electrons. The summed E-state index contributed by atoms with van der Waals surface area (Å²) in [7, 11) is 4.18. The molecule has 2 aromatic rings. The van der Waals surface area contributed by atoms with E-state index >= 15 is 0 Å². The molecule has 0 radical (unpaired) electrons. The first-order valence-electron chi connectivity index (χ1n) is 8.77. The van der Waals surface area contributed by atoms with Gasteiger partial charge in [0, 0.05) is 12.1 Å². The fourth-order valence-corrected chi connectivity index (χ4v) is 2.68. The van der Waals surface area contributed by atoms with Crippen molar-refractivity contribution in [3.8, 4) is 17.2 Å². The van der Waals surface area contributed by atoms with Crippen LogP contribution in [0.1, 0.15) is 35.7 Å². The second kappa shape index (κ2) is 9.64. The molecule has 0 saturated heterocycles. The second-order valence-corrected chi connectivity index (χ2v) is 6.27. The molecular weight excluding hydrogens is 362 g/mol. The van der Waals surface area contributed by atoms with Crippen molar-refractivity contribution in [2.75, 3.05) is 33.3 Å². The molecule has 2 rings (SSSR count). The van der Waals surface area contributed by atoms with Crippen molar-refractivity contribution in [2.45, 2.75) is 19.8 Å². The van der Waals surface area contributed by atoms with Gasteiger partial charge in [0.05, 0.1) is 32.6 Å². The van der Waals surface area contributed by atoms with Gasteiger partial charge < -0.3 is 24.3 Å². The maximum absolute atomic E-state index is 12.4. The van der Waals surface area contributed by atoms with Crippen molar-refractivity contribution in [1.82, 2.24) is 0 Å². The maximum atomic E-state index is 12.4. The van der Waals surface area contributed by atoms with E-state index in [1.54, 1.807) is 0 Å². The number of hydrogen-bond acceptors (Lipinski definition) is 6. The van der Waals surface area contributed by atoms with Crippen LogP contribution in [0.4, 0.5) is 5.69 Å². The van der Waals surface area contributed by atoms with Gasteiger partial charge >= 0.3 is 5.97 Å². The normalized spacial score (nSPS) is 10.4. The van der Waals surface area contributed by atoms with Crippen molar-refractivity contribution < 1.29 is 28.5 Å². The molecule has 0 spiro atoms. The number of carbonyl (C=O) groups excluding carboxylic acids is 2. The monoisotopic (exact) mass is 387 g/mol. The first-order valence-corrected chi connectivity index (χ1v) is 8.77. The average molecular weight is 387 g/mol. The number of rotatable bonds is 8. The van der Waals surface area contributed by atoms with Gasteiger partial charge in [0.25, 0.3) is 5.91 Å². The largest absolute Gasteiger partial charge is 0.493 e. The molecule has 1 N–H and O–H groups in total. The van der Waals surface area contributed by atoms with Crippen LogP contribution in [0.3, 0.4) is 0 Å². The van der Waals surface area contributed by atoms with E-state index in [0.717, 1.165) is 5.56 Å². The van der Waals surface area contributed by atoms with Crippen LogP contribution in [0, 0.1) is 0 Å². The Bertz CT molecular complexity index is 847. The molecule has 0 bridgehead atoms. The Morgan fingerprint density at radius 3 is 2.21 bits per heavy atom. The Morgan fingerprint density at radius 1 is 0.964 bits per heavy atom. The summed E-state index contributed by atoms with van der Waals surface area (Å²) in [4.78, 5) is 24.5. The van der Waals surface area contributed by atoms with E-state index in [9.17, 15) is 9.59 Å². The van der Waals surface area contributed by atoms with E-state index in [1.807, 2.05) is 24.3 Å². The van der Waals surface area contributed by atoms with E-state index in [0.29, 0.717) is 17.2 Å². The van der Waals surface area contributed by atoms with Crippen molar-refractivity contribution in [3.63, 3.8) is 0 Å². The van der Waals surface area contributed by atoms with Crippen LogP contribution in [-0.2, 0) is 9.53 Å². The Kier molecular flexibility index (Phi) is 7.26. The highest BCUT2D eigenvalue weighted by molar-refractivity contribution is 6.02. The number of methoxy groups -OCH3 is 3. The summed E-state index contributed by atoms with van der Waals surface area (Å²) in [5.74, 6) is 0.599. The minimum absolute atomic E-state index is 0.149. The highest BCUT2D eigenvalue weighted by Gasteiger charge is 2.19. The van der Waals surface area contributed by atoms with Crippen LogP contribution in [0.5, 0.6) is 17.2 Å². The molecule has 0 aliphatic rings. The zero-order valence-corrected chi connectivity index (χ0v) is 16.7. The number of esters is 1. The molecule has 0 unspecified atom stereocenters. The van der Waals surface area contributed by atoms with Crippen LogP contribution in [0.15, 0.2) is 36.4 Å². The van der Waals surface area contributed by atoms with Crippen molar-refractivity contribution in [3.05, 3.63) is 47.5 Å². The van der Waals surface area contributed by atoms with Gasteiger partial charge in [-0.05, 0) is 17.5 Å². The number of nitrogens with one attached hydrogen (secondary N) is 1. The van der Waals surface area contributed by atoms with Crippen LogP contribution in [0.25, 0.3) is 0 Å². The first kappa shape index (κ1) is 21.1. The standard InChI is InChI=1S/C21H25NO6/c1-13(2)14-8-6-7-9-17(14)28-12-20(23)22-16-11-19(26-4)18(25-3)10-15(16)21(24)27-5/h6-11,13H,12H2,1-5H3,(H,22,23). The van der Waals surface area contributed by atoms with Gasteiger partial charge in [0.1, 0.15) is 5.75 Å². The lowest BCUT2D eigenvalue weighted by Gasteiger charge is -2.16.